The lowest BCUT2D eigenvalue weighted by Gasteiger charge is -2.20. The number of hydrogen-bond acceptors (Lipinski definition) is 4. The first kappa shape index (κ1) is 15.9. The van der Waals surface area contributed by atoms with Crippen LogP contribution >= 0.6 is 0 Å². The van der Waals surface area contributed by atoms with Gasteiger partial charge in [0.1, 0.15) is 11.5 Å². The Morgan fingerprint density at radius 2 is 1.64 bits per heavy atom. The van der Waals surface area contributed by atoms with E-state index in [2.05, 4.69) is 26.7 Å². The van der Waals surface area contributed by atoms with Gasteiger partial charge in [0.05, 0.1) is 12.4 Å². The minimum atomic E-state index is -0.264. The van der Waals surface area contributed by atoms with Crippen molar-refractivity contribution in [1.29, 1.82) is 0 Å². The van der Waals surface area contributed by atoms with E-state index in [9.17, 15) is 4.79 Å². The molecular weight excluding hydrogens is 276 g/mol. The number of nitrogens with one attached hydrogen (secondary N) is 2. The number of benzene rings is 1. The lowest BCUT2D eigenvalue weighted by molar-refractivity contribution is 0.102. The van der Waals surface area contributed by atoms with Crippen LogP contribution in [0.25, 0.3) is 0 Å². The fourth-order valence-electron chi connectivity index (χ4n) is 2.14. The summed E-state index contributed by atoms with van der Waals surface area (Å²) in [5.74, 6) is 0.384. The molecule has 116 valence electrons. The maximum atomic E-state index is 12.2. The number of hydrogen-bond donors (Lipinski definition) is 2. The third-order valence-electron chi connectivity index (χ3n) is 2.87. The Balaban J connectivity index is 2.09. The molecule has 1 aromatic carbocycles. The number of nitrogens with zero attached hydrogens (tertiary/aromatic N) is 2. The van der Waals surface area contributed by atoms with Crippen LogP contribution in [-0.2, 0) is 0 Å². The highest BCUT2D eigenvalue weighted by molar-refractivity contribution is 6.02. The molecule has 0 radical (unpaired) electrons. The summed E-state index contributed by atoms with van der Waals surface area (Å²) in [7, 11) is 0. The molecule has 0 aliphatic rings. The molecule has 5 heteroatoms. The van der Waals surface area contributed by atoms with Crippen LogP contribution in [0.2, 0.25) is 0 Å². The van der Waals surface area contributed by atoms with Crippen molar-refractivity contribution >= 4 is 17.4 Å². The van der Waals surface area contributed by atoms with E-state index >= 15 is 0 Å². The van der Waals surface area contributed by atoms with Crippen molar-refractivity contribution in [3.63, 3.8) is 0 Å². The minimum Gasteiger partial charge on any atom is -0.364 e. The van der Waals surface area contributed by atoms with Crippen LogP contribution < -0.4 is 10.6 Å². The van der Waals surface area contributed by atoms with Crippen molar-refractivity contribution in [3.8, 4) is 0 Å². The summed E-state index contributed by atoms with van der Waals surface area (Å²) in [5.41, 5.74) is 3.16. The highest BCUT2D eigenvalue weighted by Gasteiger charge is 2.12. The van der Waals surface area contributed by atoms with Gasteiger partial charge in [-0.15, -0.1) is 0 Å². The van der Waals surface area contributed by atoms with Gasteiger partial charge in [0, 0.05) is 11.2 Å². The fourth-order valence-corrected chi connectivity index (χ4v) is 2.14. The van der Waals surface area contributed by atoms with Gasteiger partial charge in [-0.1, -0.05) is 6.07 Å². The summed E-state index contributed by atoms with van der Waals surface area (Å²) in [6.45, 7) is 10.1. The average Bonchev–Trinajstić information content (AvgIpc) is 2.36. The number of aromatic nitrogens is 2. The molecule has 0 fully saturated rings. The van der Waals surface area contributed by atoms with E-state index in [1.165, 1.54) is 6.20 Å². The van der Waals surface area contributed by atoms with E-state index in [1.807, 2.05) is 46.8 Å². The molecule has 1 aromatic heterocycles. The van der Waals surface area contributed by atoms with Crippen molar-refractivity contribution in [3.05, 3.63) is 47.4 Å². The molecular formula is C17H22N4O. The third kappa shape index (κ3) is 4.55. The van der Waals surface area contributed by atoms with Crippen LogP contribution in [0.3, 0.4) is 0 Å². The van der Waals surface area contributed by atoms with Crippen molar-refractivity contribution in [1.82, 2.24) is 9.97 Å². The zero-order chi connectivity index (χ0) is 16.3. The number of aryl methyl sites for hydroxylation is 2. The van der Waals surface area contributed by atoms with E-state index in [-0.39, 0.29) is 11.4 Å². The Morgan fingerprint density at radius 3 is 2.14 bits per heavy atom. The van der Waals surface area contributed by atoms with Crippen LogP contribution in [0.4, 0.5) is 11.5 Å². The molecule has 2 rings (SSSR count). The summed E-state index contributed by atoms with van der Waals surface area (Å²) in [6.07, 6.45) is 3.05. The van der Waals surface area contributed by atoms with Gasteiger partial charge in [0.15, 0.2) is 0 Å². The van der Waals surface area contributed by atoms with Gasteiger partial charge in [-0.25, -0.2) is 9.97 Å². The molecule has 0 aliphatic heterocycles. The molecule has 1 amide bonds. The monoisotopic (exact) mass is 298 g/mol. The Labute approximate surface area is 131 Å². The summed E-state index contributed by atoms with van der Waals surface area (Å²) < 4.78 is 0. The molecule has 0 unspecified atom stereocenters. The van der Waals surface area contributed by atoms with E-state index in [0.717, 1.165) is 16.8 Å². The topological polar surface area (TPSA) is 66.9 Å². The normalized spacial score (nSPS) is 11.1. The van der Waals surface area contributed by atoms with E-state index in [1.54, 1.807) is 6.20 Å². The molecule has 0 spiro atoms. The minimum absolute atomic E-state index is 0.0997. The second kappa shape index (κ2) is 6.13. The SMILES string of the molecule is Cc1cc(C)cc(NC(=O)c2cnc(NC(C)(C)C)cn2)c1. The maximum Gasteiger partial charge on any atom is 0.275 e. The molecule has 0 saturated heterocycles. The van der Waals surface area contributed by atoms with Crippen LogP contribution in [0.1, 0.15) is 42.4 Å². The van der Waals surface area contributed by atoms with Gasteiger partial charge in [-0.05, 0) is 57.9 Å². The maximum absolute atomic E-state index is 12.2. The first-order chi connectivity index (χ1) is 10.2. The fraction of sp³-hybridized carbons (Fsp3) is 0.353. The van der Waals surface area contributed by atoms with E-state index in [0.29, 0.717) is 11.5 Å². The summed E-state index contributed by atoms with van der Waals surface area (Å²) >= 11 is 0. The largest absolute Gasteiger partial charge is 0.364 e. The third-order valence-corrected chi connectivity index (χ3v) is 2.87. The van der Waals surface area contributed by atoms with Gasteiger partial charge >= 0.3 is 0 Å². The van der Waals surface area contributed by atoms with Crippen LogP contribution in [0.15, 0.2) is 30.6 Å². The van der Waals surface area contributed by atoms with Crippen LogP contribution in [-0.4, -0.2) is 21.4 Å². The Bertz CT molecular complexity index is 652. The highest BCUT2D eigenvalue weighted by atomic mass is 16.1. The lowest BCUT2D eigenvalue weighted by atomic mass is 10.1. The zero-order valence-electron chi connectivity index (χ0n) is 13.7. The Hall–Kier alpha value is -2.43. The molecule has 5 nitrogen and oxygen atoms in total. The van der Waals surface area contributed by atoms with Gasteiger partial charge in [0.2, 0.25) is 0 Å². The Morgan fingerprint density at radius 1 is 1.00 bits per heavy atom. The predicted octanol–water partition coefficient (Wildman–Crippen LogP) is 3.56. The zero-order valence-corrected chi connectivity index (χ0v) is 13.7. The van der Waals surface area contributed by atoms with Gasteiger partial charge in [0.25, 0.3) is 5.91 Å². The van der Waals surface area contributed by atoms with Crippen molar-refractivity contribution in [2.75, 3.05) is 10.6 Å². The molecule has 0 saturated carbocycles. The van der Waals surface area contributed by atoms with E-state index < -0.39 is 0 Å². The van der Waals surface area contributed by atoms with Crippen LogP contribution in [0, 0.1) is 13.8 Å². The van der Waals surface area contributed by atoms with Gasteiger partial charge in [-0.3, -0.25) is 4.79 Å². The first-order valence-corrected chi connectivity index (χ1v) is 7.23. The summed E-state index contributed by atoms with van der Waals surface area (Å²) in [6, 6.07) is 5.91. The molecule has 0 bridgehead atoms. The van der Waals surface area contributed by atoms with Crippen molar-refractivity contribution in [2.24, 2.45) is 0 Å². The van der Waals surface area contributed by atoms with E-state index in [4.69, 9.17) is 0 Å². The molecule has 0 atom stereocenters. The quantitative estimate of drug-likeness (QED) is 0.909. The summed E-state index contributed by atoms with van der Waals surface area (Å²) in [5, 5.41) is 6.05. The molecule has 0 aliphatic carbocycles. The molecule has 2 aromatic rings. The number of amides is 1. The molecule has 1 heterocycles. The number of anilines is 2. The van der Waals surface area contributed by atoms with Crippen LogP contribution in [0.5, 0.6) is 0 Å². The van der Waals surface area contributed by atoms with Crippen molar-refractivity contribution < 1.29 is 4.79 Å². The Kier molecular flexibility index (Phi) is 4.45. The lowest BCUT2D eigenvalue weighted by Crippen LogP contribution is -2.27. The predicted molar refractivity (Wildman–Crippen MR) is 89.3 cm³/mol. The smallest absolute Gasteiger partial charge is 0.275 e. The second-order valence-electron chi connectivity index (χ2n) is 6.49. The second-order valence-corrected chi connectivity index (χ2v) is 6.49. The standard InChI is InChI=1S/C17H22N4O/c1-11-6-12(2)8-13(7-11)20-16(22)14-9-19-15(10-18-14)21-17(3,4)5/h6-10H,1-5H3,(H,19,21)(H,20,22). The van der Waals surface area contributed by atoms with Gasteiger partial charge < -0.3 is 10.6 Å². The molecule has 2 N–H and O–H groups in total. The molecule has 22 heavy (non-hydrogen) atoms. The average molecular weight is 298 g/mol. The summed E-state index contributed by atoms with van der Waals surface area (Å²) in [4.78, 5) is 20.6. The number of carbonyl (C=O) groups excluding carboxylic acids is 1. The first-order valence-electron chi connectivity index (χ1n) is 7.23. The van der Waals surface area contributed by atoms with Crippen molar-refractivity contribution in [2.45, 2.75) is 40.2 Å². The number of rotatable bonds is 3. The number of carbonyl (C=O) groups is 1. The highest BCUT2D eigenvalue weighted by Crippen LogP contribution is 2.15. The van der Waals surface area contributed by atoms with Gasteiger partial charge in [-0.2, -0.15) is 0 Å².